The molecular weight excluding hydrogens is 118 g/mol. The van der Waals surface area contributed by atoms with Gasteiger partial charge in [0.1, 0.15) is 5.75 Å². The highest BCUT2D eigenvalue weighted by molar-refractivity contribution is 5.14. The molecular formula is C6H6NO2. The molecule has 1 radical (unpaired) electrons. The SMILES string of the molecule is COc1[c]c(=O)[nH]cc1. The number of methoxy groups -OCH3 is 1. The smallest absolute Gasteiger partial charge is 0.259 e. The number of pyridine rings is 1. The maximum absolute atomic E-state index is 10.5. The fourth-order valence-electron chi connectivity index (χ4n) is 0.502. The lowest BCUT2D eigenvalue weighted by molar-refractivity contribution is 0.412. The standard InChI is InChI=1S/C6H6NO2/c1-9-5-2-3-7-6(8)4-5/h2-3H,1H3,(H,7,8). The molecule has 3 heteroatoms. The van der Waals surface area contributed by atoms with Gasteiger partial charge in [0.25, 0.3) is 5.56 Å². The Morgan fingerprint density at radius 3 is 3.00 bits per heavy atom. The van der Waals surface area contributed by atoms with Crippen molar-refractivity contribution in [2.45, 2.75) is 0 Å². The van der Waals surface area contributed by atoms with Crippen LogP contribution in [0.3, 0.4) is 0 Å². The number of aromatic amines is 1. The highest BCUT2D eigenvalue weighted by Gasteiger charge is 1.88. The van der Waals surface area contributed by atoms with Gasteiger partial charge in [0.15, 0.2) is 0 Å². The molecule has 47 valence electrons. The van der Waals surface area contributed by atoms with E-state index in [1.807, 2.05) is 0 Å². The Morgan fingerprint density at radius 1 is 1.78 bits per heavy atom. The lowest BCUT2D eigenvalue weighted by Crippen LogP contribution is -2.02. The first-order chi connectivity index (χ1) is 4.33. The van der Waals surface area contributed by atoms with Gasteiger partial charge in [-0.25, -0.2) is 0 Å². The third kappa shape index (κ3) is 1.32. The monoisotopic (exact) mass is 124 g/mol. The molecule has 0 aliphatic rings. The van der Waals surface area contributed by atoms with E-state index in [1.165, 1.54) is 13.3 Å². The van der Waals surface area contributed by atoms with Gasteiger partial charge in [-0.15, -0.1) is 0 Å². The minimum atomic E-state index is -0.269. The molecule has 0 atom stereocenters. The van der Waals surface area contributed by atoms with Crippen molar-refractivity contribution in [3.63, 3.8) is 0 Å². The predicted molar refractivity (Wildman–Crippen MR) is 32.5 cm³/mol. The molecule has 1 aromatic rings. The Balaban J connectivity index is 3.08. The quantitative estimate of drug-likeness (QED) is 0.580. The number of nitrogens with one attached hydrogen (secondary N) is 1. The van der Waals surface area contributed by atoms with Crippen LogP contribution in [0.4, 0.5) is 0 Å². The first-order valence-electron chi connectivity index (χ1n) is 2.48. The highest BCUT2D eigenvalue weighted by atomic mass is 16.5. The molecule has 3 nitrogen and oxygen atoms in total. The van der Waals surface area contributed by atoms with Crippen LogP contribution in [0.15, 0.2) is 17.1 Å². The van der Waals surface area contributed by atoms with Gasteiger partial charge in [0.2, 0.25) is 0 Å². The van der Waals surface area contributed by atoms with Crippen molar-refractivity contribution < 1.29 is 4.74 Å². The number of hydrogen-bond acceptors (Lipinski definition) is 2. The maximum Gasteiger partial charge on any atom is 0.259 e. The van der Waals surface area contributed by atoms with Crippen LogP contribution >= 0.6 is 0 Å². The fourth-order valence-corrected chi connectivity index (χ4v) is 0.502. The zero-order valence-electron chi connectivity index (χ0n) is 4.97. The molecule has 1 aromatic heterocycles. The third-order valence-corrected chi connectivity index (χ3v) is 0.906. The second kappa shape index (κ2) is 2.35. The second-order valence-electron chi connectivity index (χ2n) is 1.50. The zero-order valence-corrected chi connectivity index (χ0v) is 4.97. The van der Waals surface area contributed by atoms with Crippen molar-refractivity contribution in [1.29, 1.82) is 0 Å². The summed E-state index contributed by atoms with van der Waals surface area (Å²) in [6, 6.07) is 4.05. The van der Waals surface area contributed by atoms with Gasteiger partial charge >= 0.3 is 0 Å². The molecule has 1 rings (SSSR count). The van der Waals surface area contributed by atoms with Crippen LogP contribution in [0.1, 0.15) is 0 Å². The van der Waals surface area contributed by atoms with Crippen molar-refractivity contribution >= 4 is 0 Å². The van der Waals surface area contributed by atoms with Gasteiger partial charge in [-0.1, -0.05) is 0 Å². The summed E-state index contributed by atoms with van der Waals surface area (Å²) in [4.78, 5) is 12.9. The average Bonchev–Trinajstić information content (AvgIpc) is 1.88. The average molecular weight is 124 g/mol. The first kappa shape index (κ1) is 5.88. The summed E-state index contributed by atoms with van der Waals surface area (Å²) in [6.45, 7) is 0. The summed E-state index contributed by atoms with van der Waals surface area (Å²) < 4.78 is 4.72. The van der Waals surface area contributed by atoms with Crippen LogP contribution in [-0.4, -0.2) is 12.1 Å². The second-order valence-corrected chi connectivity index (χ2v) is 1.50. The predicted octanol–water partition coefficient (Wildman–Crippen LogP) is 0.184. The van der Waals surface area contributed by atoms with Gasteiger partial charge in [-0.05, 0) is 6.07 Å². The van der Waals surface area contributed by atoms with Crippen LogP contribution in [0, 0.1) is 6.07 Å². The largest absolute Gasteiger partial charge is 0.496 e. The van der Waals surface area contributed by atoms with E-state index >= 15 is 0 Å². The van der Waals surface area contributed by atoms with Crippen LogP contribution in [-0.2, 0) is 0 Å². The van der Waals surface area contributed by atoms with Crippen LogP contribution in [0.2, 0.25) is 0 Å². The number of rotatable bonds is 1. The molecule has 0 aromatic carbocycles. The van der Waals surface area contributed by atoms with Crippen LogP contribution in [0.25, 0.3) is 0 Å². The molecule has 0 saturated heterocycles. The van der Waals surface area contributed by atoms with E-state index in [9.17, 15) is 4.79 Å². The molecule has 0 aliphatic carbocycles. The molecule has 1 N–H and O–H groups in total. The molecule has 0 unspecified atom stereocenters. The lowest BCUT2D eigenvalue weighted by Gasteiger charge is -1.93. The molecule has 0 aliphatic heterocycles. The summed E-state index contributed by atoms with van der Waals surface area (Å²) >= 11 is 0. The van der Waals surface area contributed by atoms with Crippen molar-refractivity contribution in [2.75, 3.05) is 7.11 Å². The van der Waals surface area contributed by atoms with Gasteiger partial charge in [-0.3, -0.25) is 4.79 Å². The van der Waals surface area contributed by atoms with Gasteiger partial charge in [0.05, 0.1) is 13.2 Å². The van der Waals surface area contributed by atoms with E-state index in [0.29, 0.717) is 5.75 Å². The Hall–Kier alpha value is -1.25. The summed E-state index contributed by atoms with van der Waals surface area (Å²) in [5.74, 6) is 0.457. The summed E-state index contributed by atoms with van der Waals surface area (Å²) in [5, 5.41) is 0. The third-order valence-electron chi connectivity index (χ3n) is 0.906. The van der Waals surface area contributed by atoms with E-state index in [0.717, 1.165) is 0 Å². The van der Waals surface area contributed by atoms with Gasteiger partial charge in [0, 0.05) is 6.20 Å². The van der Waals surface area contributed by atoms with E-state index in [2.05, 4.69) is 11.1 Å². The number of hydrogen-bond donors (Lipinski definition) is 1. The number of aromatic nitrogens is 1. The summed E-state index contributed by atoms with van der Waals surface area (Å²) in [5.41, 5.74) is -0.269. The Bertz CT molecular complexity index is 241. The van der Waals surface area contributed by atoms with Gasteiger partial charge < -0.3 is 9.72 Å². The number of H-pyrrole nitrogens is 1. The zero-order chi connectivity index (χ0) is 6.69. The Labute approximate surface area is 52.3 Å². The van der Waals surface area contributed by atoms with Crippen LogP contribution < -0.4 is 10.3 Å². The molecule has 0 fully saturated rings. The van der Waals surface area contributed by atoms with E-state index in [-0.39, 0.29) is 5.56 Å². The van der Waals surface area contributed by atoms with E-state index in [1.54, 1.807) is 6.07 Å². The Morgan fingerprint density at radius 2 is 2.56 bits per heavy atom. The molecule has 0 amide bonds. The minimum Gasteiger partial charge on any atom is -0.496 e. The van der Waals surface area contributed by atoms with Crippen molar-refractivity contribution in [3.05, 3.63) is 28.7 Å². The summed E-state index contributed by atoms with van der Waals surface area (Å²) in [6.07, 6.45) is 1.51. The van der Waals surface area contributed by atoms with Crippen molar-refractivity contribution in [1.82, 2.24) is 4.98 Å². The summed E-state index contributed by atoms with van der Waals surface area (Å²) in [7, 11) is 1.49. The van der Waals surface area contributed by atoms with Crippen molar-refractivity contribution in [3.8, 4) is 5.75 Å². The molecule has 0 bridgehead atoms. The Kier molecular flexibility index (Phi) is 1.53. The van der Waals surface area contributed by atoms with Crippen molar-refractivity contribution in [2.24, 2.45) is 0 Å². The minimum absolute atomic E-state index is 0.269. The van der Waals surface area contributed by atoms with Crippen LogP contribution in [0.5, 0.6) is 5.75 Å². The van der Waals surface area contributed by atoms with E-state index in [4.69, 9.17) is 4.74 Å². The maximum atomic E-state index is 10.5. The lowest BCUT2D eigenvalue weighted by atomic mass is 10.4. The molecule has 0 saturated carbocycles. The van der Waals surface area contributed by atoms with E-state index < -0.39 is 0 Å². The number of ether oxygens (including phenoxy) is 1. The topological polar surface area (TPSA) is 42.1 Å². The fraction of sp³-hybridized carbons (Fsp3) is 0.167. The normalized spacial score (nSPS) is 9.00. The first-order valence-corrected chi connectivity index (χ1v) is 2.48. The van der Waals surface area contributed by atoms with Gasteiger partial charge in [-0.2, -0.15) is 0 Å². The highest BCUT2D eigenvalue weighted by Crippen LogP contribution is 1.99. The molecule has 1 heterocycles. The molecule has 0 spiro atoms. The molecule has 9 heavy (non-hydrogen) atoms.